The van der Waals surface area contributed by atoms with Crippen LogP contribution in [-0.2, 0) is 5.60 Å². The molecule has 1 atom stereocenters. The van der Waals surface area contributed by atoms with Crippen LogP contribution in [0.1, 0.15) is 28.5 Å². The van der Waals surface area contributed by atoms with Crippen molar-refractivity contribution in [3.63, 3.8) is 0 Å². The van der Waals surface area contributed by atoms with Crippen molar-refractivity contribution >= 4 is 11.3 Å². The Bertz CT molecular complexity index is 543. The molecule has 0 amide bonds. The maximum atomic E-state index is 13.1. The van der Waals surface area contributed by atoms with E-state index in [0.29, 0.717) is 0 Å². The standard InChI is InChI=1S/C14H15FOS/c1-9-6-7-17-13(9)14(3,16)12-5-4-11(15)8-10(12)2/h4-8,16H,1-3H3. The van der Waals surface area contributed by atoms with Crippen LogP contribution in [-0.4, -0.2) is 5.11 Å². The number of hydrogen-bond acceptors (Lipinski definition) is 2. The number of hydrogen-bond donors (Lipinski definition) is 1. The number of aryl methyl sites for hydroxylation is 2. The van der Waals surface area contributed by atoms with Gasteiger partial charge in [0.15, 0.2) is 0 Å². The molecule has 0 spiro atoms. The van der Waals surface area contributed by atoms with E-state index in [1.807, 2.05) is 25.3 Å². The molecule has 0 radical (unpaired) electrons. The van der Waals surface area contributed by atoms with Gasteiger partial charge in [-0.3, -0.25) is 0 Å². The molecule has 3 heteroatoms. The van der Waals surface area contributed by atoms with Gasteiger partial charge in [-0.05, 0) is 61.0 Å². The van der Waals surface area contributed by atoms with E-state index < -0.39 is 5.60 Å². The van der Waals surface area contributed by atoms with E-state index in [4.69, 9.17) is 0 Å². The lowest BCUT2D eigenvalue weighted by molar-refractivity contribution is 0.105. The Balaban J connectivity index is 2.55. The average Bonchev–Trinajstić information content (AvgIpc) is 2.64. The lowest BCUT2D eigenvalue weighted by Gasteiger charge is -2.25. The number of thiophene rings is 1. The third kappa shape index (κ3) is 2.13. The summed E-state index contributed by atoms with van der Waals surface area (Å²) in [7, 11) is 0. The molecule has 1 nitrogen and oxygen atoms in total. The van der Waals surface area contributed by atoms with Crippen molar-refractivity contribution in [3.05, 3.63) is 57.0 Å². The van der Waals surface area contributed by atoms with Crippen LogP contribution in [0, 0.1) is 19.7 Å². The van der Waals surface area contributed by atoms with Crippen molar-refractivity contribution < 1.29 is 9.50 Å². The first kappa shape index (κ1) is 12.3. The van der Waals surface area contributed by atoms with Gasteiger partial charge in [-0.1, -0.05) is 6.07 Å². The zero-order valence-corrected chi connectivity index (χ0v) is 10.9. The number of halogens is 1. The van der Waals surface area contributed by atoms with Crippen LogP contribution in [0.2, 0.25) is 0 Å². The highest BCUT2D eigenvalue weighted by atomic mass is 32.1. The predicted octanol–water partition coefficient (Wildman–Crippen LogP) is 3.76. The molecule has 1 aromatic heterocycles. The first-order chi connectivity index (χ1) is 7.93. The summed E-state index contributed by atoms with van der Waals surface area (Å²) >= 11 is 1.52. The average molecular weight is 250 g/mol. The highest BCUT2D eigenvalue weighted by molar-refractivity contribution is 7.10. The van der Waals surface area contributed by atoms with Gasteiger partial charge in [-0.25, -0.2) is 4.39 Å². The largest absolute Gasteiger partial charge is 0.380 e. The maximum absolute atomic E-state index is 13.1. The summed E-state index contributed by atoms with van der Waals surface area (Å²) in [4.78, 5) is 0.909. The fourth-order valence-electron chi connectivity index (χ4n) is 2.17. The smallest absolute Gasteiger partial charge is 0.123 e. The molecule has 1 unspecified atom stereocenters. The summed E-state index contributed by atoms with van der Waals surface area (Å²) in [6, 6.07) is 6.48. The fraction of sp³-hybridized carbons (Fsp3) is 0.286. The summed E-state index contributed by atoms with van der Waals surface area (Å²) < 4.78 is 13.1. The van der Waals surface area contributed by atoms with E-state index in [9.17, 15) is 9.50 Å². The Labute approximate surface area is 105 Å². The Morgan fingerprint density at radius 1 is 1.18 bits per heavy atom. The molecule has 17 heavy (non-hydrogen) atoms. The number of rotatable bonds is 2. The van der Waals surface area contributed by atoms with Crippen LogP contribution in [0.3, 0.4) is 0 Å². The van der Waals surface area contributed by atoms with Crippen molar-refractivity contribution in [2.45, 2.75) is 26.4 Å². The van der Waals surface area contributed by atoms with Crippen LogP contribution in [0.15, 0.2) is 29.6 Å². The van der Waals surface area contributed by atoms with E-state index >= 15 is 0 Å². The van der Waals surface area contributed by atoms with Gasteiger partial charge in [0.05, 0.1) is 0 Å². The van der Waals surface area contributed by atoms with Gasteiger partial charge in [-0.2, -0.15) is 0 Å². The third-order valence-electron chi connectivity index (χ3n) is 3.02. The first-order valence-electron chi connectivity index (χ1n) is 5.46. The first-order valence-corrected chi connectivity index (χ1v) is 6.34. The summed E-state index contributed by atoms with van der Waals surface area (Å²) in [5.74, 6) is -0.273. The number of aliphatic hydroxyl groups is 1. The molecule has 0 aliphatic heterocycles. The van der Waals surface area contributed by atoms with E-state index in [1.54, 1.807) is 13.0 Å². The monoisotopic (exact) mass is 250 g/mol. The van der Waals surface area contributed by atoms with E-state index in [0.717, 1.165) is 21.6 Å². The van der Waals surface area contributed by atoms with Crippen LogP contribution in [0.5, 0.6) is 0 Å². The summed E-state index contributed by atoms with van der Waals surface area (Å²) in [5, 5.41) is 12.6. The number of benzene rings is 1. The second kappa shape index (κ2) is 4.24. The Kier molecular flexibility index (Phi) is 3.06. The summed E-state index contributed by atoms with van der Waals surface area (Å²) in [5.41, 5.74) is 1.52. The maximum Gasteiger partial charge on any atom is 0.123 e. The quantitative estimate of drug-likeness (QED) is 0.860. The zero-order valence-electron chi connectivity index (χ0n) is 10.1. The third-order valence-corrected chi connectivity index (χ3v) is 4.24. The molecule has 0 saturated carbocycles. The molecule has 90 valence electrons. The predicted molar refractivity (Wildman–Crippen MR) is 68.9 cm³/mol. The molecule has 0 aliphatic rings. The molecule has 1 heterocycles. The highest BCUT2D eigenvalue weighted by Crippen LogP contribution is 2.36. The molecule has 2 aromatic rings. The van der Waals surface area contributed by atoms with Gasteiger partial charge in [0.2, 0.25) is 0 Å². The Hall–Kier alpha value is -1.19. The molecular formula is C14H15FOS. The minimum Gasteiger partial charge on any atom is -0.380 e. The van der Waals surface area contributed by atoms with Gasteiger partial charge in [-0.15, -0.1) is 11.3 Å². The van der Waals surface area contributed by atoms with Gasteiger partial charge < -0.3 is 5.11 Å². The summed E-state index contributed by atoms with van der Waals surface area (Å²) in [6.45, 7) is 5.54. The van der Waals surface area contributed by atoms with Crippen molar-refractivity contribution in [2.24, 2.45) is 0 Å². The van der Waals surface area contributed by atoms with E-state index in [2.05, 4.69) is 0 Å². The van der Waals surface area contributed by atoms with Crippen molar-refractivity contribution in [3.8, 4) is 0 Å². The highest BCUT2D eigenvalue weighted by Gasteiger charge is 2.30. The molecule has 1 N–H and O–H groups in total. The lowest BCUT2D eigenvalue weighted by Crippen LogP contribution is -2.23. The molecule has 1 aromatic carbocycles. The second-order valence-electron chi connectivity index (χ2n) is 4.46. The molecule has 0 bridgehead atoms. The normalized spacial score (nSPS) is 14.6. The van der Waals surface area contributed by atoms with Crippen molar-refractivity contribution in [1.29, 1.82) is 0 Å². The zero-order chi connectivity index (χ0) is 12.6. The second-order valence-corrected chi connectivity index (χ2v) is 5.38. The molecular weight excluding hydrogens is 235 g/mol. The lowest BCUT2D eigenvalue weighted by atomic mass is 9.89. The Morgan fingerprint density at radius 3 is 2.41 bits per heavy atom. The topological polar surface area (TPSA) is 20.2 Å². The van der Waals surface area contributed by atoms with Crippen molar-refractivity contribution in [2.75, 3.05) is 0 Å². The van der Waals surface area contributed by atoms with Crippen molar-refractivity contribution in [1.82, 2.24) is 0 Å². The SMILES string of the molecule is Cc1cc(F)ccc1C(C)(O)c1sccc1C. The molecule has 2 rings (SSSR count). The van der Waals surface area contributed by atoms with Gasteiger partial charge in [0, 0.05) is 4.88 Å². The molecule has 0 saturated heterocycles. The van der Waals surface area contributed by atoms with E-state index in [1.165, 1.54) is 23.5 Å². The molecule has 0 aliphatic carbocycles. The van der Waals surface area contributed by atoms with Gasteiger partial charge in [0.25, 0.3) is 0 Å². The minimum absolute atomic E-state index is 0.273. The summed E-state index contributed by atoms with van der Waals surface area (Å²) in [6.07, 6.45) is 0. The van der Waals surface area contributed by atoms with E-state index in [-0.39, 0.29) is 5.82 Å². The van der Waals surface area contributed by atoms with Gasteiger partial charge in [0.1, 0.15) is 11.4 Å². The van der Waals surface area contributed by atoms with Crippen LogP contribution < -0.4 is 0 Å². The van der Waals surface area contributed by atoms with Crippen LogP contribution in [0.25, 0.3) is 0 Å². The minimum atomic E-state index is -1.06. The fourth-order valence-corrected chi connectivity index (χ4v) is 3.17. The van der Waals surface area contributed by atoms with Crippen LogP contribution in [0.4, 0.5) is 4.39 Å². The van der Waals surface area contributed by atoms with Gasteiger partial charge >= 0.3 is 0 Å². The molecule has 0 fully saturated rings. The Morgan fingerprint density at radius 2 is 1.88 bits per heavy atom. The van der Waals surface area contributed by atoms with Crippen LogP contribution >= 0.6 is 11.3 Å².